The van der Waals surface area contributed by atoms with Crippen molar-refractivity contribution >= 4 is 28.3 Å². The molecule has 4 aromatic rings. The van der Waals surface area contributed by atoms with E-state index in [4.69, 9.17) is 4.74 Å². The molecule has 2 heterocycles. The average molecular weight is 464 g/mol. The van der Waals surface area contributed by atoms with Gasteiger partial charge in [-0.05, 0) is 80.8 Å². The SMILES string of the molecule is CC(=O)NC1(C#Cc2ccc3ncnc(Nc4ccc(Oc5ccc(C)nc5)c(C)c4)c3c2)CC1. The molecule has 1 aliphatic carbocycles. The summed E-state index contributed by atoms with van der Waals surface area (Å²) in [5.74, 6) is 8.53. The Kier molecular flexibility index (Phi) is 5.79. The highest BCUT2D eigenvalue weighted by Crippen LogP contribution is 2.35. The topological polar surface area (TPSA) is 89.0 Å². The van der Waals surface area contributed by atoms with Gasteiger partial charge in [0.1, 0.15) is 29.2 Å². The van der Waals surface area contributed by atoms with Crippen LogP contribution < -0.4 is 15.4 Å². The normalized spacial score (nSPS) is 13.5. The maximum Gasteiger partial charge on any atom is 0.218 e. The van der Waals surface area contributed by atoms with Crippen molar-refractivity contribution in [3.05, 3.63) is 77.9 Å². The molecule has 0 aliphatic heterocycles. The van der Waals surface area contributed by atoms with Gasteiger partial charge in [-0.3, -0.25) is 9.78 Å². The van der Waals surface area contributed by atoms with E-state index in [2.05, 4.69) is 37.4 Å². The van der Waals surface area contributed by atoms with E-state index in [1.54, 1.807) is 12.5 Å². The lowest BCUT2D eigenvalue weighted by Crippen LogP contribution is -2.33. The minimum atomic E-state index is -0.384. The minimum Gasteiger partial charge on any atom is -0.455 e. The van der Waals surface area contributed by atoms with Crippen molar-refractivity contribution in [3.63, 3.8) is 0 Å². The van der Waals surface area contributed by atoms with Crippen molar-refractivity contribution in [3.8, 4) is 23.3 Å². The molecule has 7 heteroatoms. The van der Waals surface area contributed by atoms with E-state index in [1.807, 2.05) is 62.4 Å². The Labute approximate surface area is 204 Å². The van der Waals surface area contributed by atoms with Gasteiger partial charge in [0, 0.05) is 29.3 Å². The highest BCUT2D eigenvalue weighted by molar-refractivity contribution is 5.91. The van der Waals surface area contributed by atoms with Crippen LogP contribution >= 0.6 is 0 Å². The lowest BCUT2D eigenvalue weighted by Gasteiger charge is -2.12. The summed E-state index contributed by atoms with van der Waals surface area (Å²) < 4.78 is 5.98. The number of amides is 1. The lowest BCUT2D eigenvalue weighted by atomic mass is 10.1. The summed E-state index contributed by atoms with van der Waals surface area (Å²) in [6.45, 7) is 5.46. The quantitative estimate of drug-likeness (QED) is 0.396. The summed E-state index contributed by atoms with van der Waals surface area (Å²) in [6, 6.07) is 15.6. The van der Waals surface area contributed by atoms with Crippen LogP contribution in [0.5, 0.6) is 11.5 Å². The molecule has 0 bridgehead atoms. The maximum absolute atomic E-state index is 11.4. The van der Waals surface area contributed by atoms with Crippen LogP contribution in [0.1, 0.15) is 36.6 Å². The van der Waals surface area contributed by atoms with Crippen LogP contribution in [0.15, 0.2) is 61.1 Å². The van der Waals surface area contributed by atoms with Gasteiger partial charge >= 0.3 is 0 Å². The summed E-state index contributed by atoms with van der Waals surface area (Å²) >= 11 is 0. The van der Waals surface area contributed by atoms with E-state index < -0.39 is 0 Å². The van der Waals surface area contributed by atoms with Gasteiger partial charge in [0.25, 0.3) is 0 Å². The molecule has 1 saturated carbocycles. The molecule has 0 radical (unpaired) electrons. The van der Waals surface area contributed by atoms with Crippen LogP contribution in [0.4, 0.5) is 11.5 Å². The number of nitrogens with one attached hydrogen (secondary N) is 2. The number of nitrogens with zero attached hydrogens (tertiary/aromatic N) is 3. The Morgan fingerprint density at radius 3 is 2.60 bits per heavy atom. The summed E-state index contributed by atoms with van der Waals surface area (Å²) in [6.07, 6.45) is 5.02. The van der Waals surface area contributed by atoms with Crippen LogP contribution in [0.3, 0.4) is 0 Å². The van der Waals surface area contributed by atoms with Crippen LogP contribution in [0.2, 0.25) is 0 Å². The number of ether oxygens (including phenoxy) is 1. The Morgan fingerprint density at radius 2 is 1.89 bits per heavy atom. The largest absolute Gasteiger partial charge is 0.455 e. The molecule has 7 nitrogen and oxygen atoms in total. The zero-order valence-electron chi connectivity index (χ0n) is 19.8. The molecule has 2 N–H and O–H groups in total. The number of anilines is 2. The molecule has 0 spiro atoms. The van der Waals surface area contributed by atoms with Crippen molar-refractivity contribution in [1.29, 1.82) is 0 Å². The van der Waals surface area contributed by atoms with E-state index in [0.717, 1.165) is 52.0 Å². The van der Waals surface area contributed by atoms with E-state index in [1.165, 1.54) is 6.92 Å². The first-order chi connectivity index (χ1) is 16.9. The van der Waals surface area contributed by atoms with Gasteiger partial charge in [-0.25, -0.2) is 9.97 Å². The molecule has 5 rings (SSSR count). The zero-order chi connectivity index (χ0) is 24.4. The van der Waals surface area contributed by atoms with Crippen LogP contribution in [0, 0.1) is 25.7 Å². The fraction of sp³-hybridized carbons (Fsp3) is 0.214. The van der Waals surface area contributed by atoms with Crippen molar-refractivity contribution in [2.24, 2.45) is 0 Å². The smallest absolute Gasteiger partial charge is 0.218 e. The molecule has 2 aromatic heterocycles. The number of carbonyl (C=O) groups is 1. The van der Waals surface area contributed by atoms with E-state index >= 15 is 0 Å². The monoisotopic (exact) mass is 463 g/mol. The summed E-state index contributed by atoms with van der Waals surface area (Å²) in [4.78, 5) is 24.6. The van der Waals surface area contributed by atoms with Crippen LogP contribution in [-0.4, -0.2) is 26.4 Å². The number of pyridine rings is 1. The van der Waals surface area contributed by atoms with E-state index in [9.17, 15) is 4.79 Å². The van der Waals surface area contributed by atoms with Crippen molar-refractivity contribution in [1.82, 2.24) is 20.3 Å². The first-order valence-electron chi connectivity index (χ1n) is 11.4. The molecule has 174 valence electrons. The van der Waals surface area contributed by atoms with Gasteiger partial charge in [0.05, 0.1) is 11.7 Å². The fourth-order valence-corrected chi connectivity index (χ4v) is 3.79. The van der Waals surface area contributed by atoms with Crippen molar-refractivity contribution < 1.29 is 9.53 Å². The maximum atomic E-state index is 11.4. The number of rotatable bonds is 5. The van der Waals surface area contributed by atoms with Gasteiger partial charge in [-0.1, -0.05) is 11.8 Å². The third-order valence-corrected chi connectivity index (χ3v) is 5.80. The van der Waals surface area contributed by atoms with Crippen LogP contribution in [0.25, 0.3) is 10.9 Å². The number of benzene rings is 2. The number of hydrogen-bond acceptors (Lipinski definition) is 6. The Morgan fingerprint density at radius 1 is 1.03 bits per heavy atom. The minimum absolute atomic E-state index is 0.0579. The van der Waals surface area contributed by atoms with Gasteiger partial charge in [0.2, 0.25) is 5.91 Å². The highest BCUT2D eigenvalue weighted by atomic mass is 16.5. The second kappa shape index (κ2) is 9.07. The Balaban J connectivity index is 1.38. The van der Waals surface area contributed by atoms with Crippen LogP contribution in [-0.2, 0) is 4.79 Å². The zero-order valence-corrected chi connectivity index (χ0v) is 19.8. The summed E-state index contributed by atoms with van der Waals surface area (Å²) in [5.41, 5.74) is 4.09. The van der Waals surface area contributed by atoms with Gasteiger partial charge in [0.15, 0.2) is 0 Å². The molecule has 2 aromatic carbocycles. The van der Waals surface area contributed by atoms with E-state index in [-0.39, 0.29) is 11.4 Å². The first kappa shape index (κ1) is 22.4. The second-order valence-electron chi connectivity index (χ2n) is 8.81. The molecule has 1 aliphatic rings. The highest BCUT2D eigenvalue weighted by Gasteiger charge is 2.41. The molecule has 35 heavy (non-hydrogen) atoms. The Hall–Kier alpha value is -4.44. The molecule has 0 atom stereocenters. The molecular formula is C28H25N5O2. The predicted molar refractivity (Wildman–Crippen MR) is 136 cm³/mol. The number of fused-ring (bicyclic) bond motifs is 1. The molecule has 0 saturated heterocycles. The fourth-order valence-electron chi connectivity index (χ4n) is 3.79. The lowest BCUT2D eigenvalue weighted by molar-refractivity contribution is -0.119. The molecule has 1 amide bonds. The number of hydrogen-bond donors (Lipinski definition) is 2. The molecule has 0 unspecified atom stereocenters. The second-order valence-corrected chi connectivity index (χ2v) is 8.81. The average Bonchev–Trinajstić information content (AvgIpc) is 3.60. The predicted octanol–water partition coefficient (Wildman–Crippen LogP) is 5.20. The Bertz CT molecular complexity index is 1480. The van der Waals surface area contributed by atoms with Crippen molar-refractivity contribution in [2.45, 2.75) is 39.2 Å². The van der Waals surface area contributed by atoms with E-state index in [0.29, 0.717) is 11.6 Å². The number of carbonyl (C=O) groups excluding carboxylic acids is 1. The summed E-state index contributed by atoms with van der Waals surface area (Å²) in [7, 11) is 0. The molecule has 1 fully saturated rings. The number of aryl methyl sites for hydroxylation is 2. The third-order valence-electron chi connectivity index (χ3n) is 5.80. The van der Waals surface area contributed by atoms with Gasteiger partial charge in [-0.2, -0.15) is 0 Å². The summed E-state index contributed by atoms with van der Waals surface area (Å²) in [5, 5.41) is 7.21. The van der Waals surface area contributed by atoms with Gasteiger partial charge < -0.3 is 15.4 Å². The number of aromatic nitrogens is 3. The molecular weight excluding hydrogens is 438 g/mol. The third kappa shape index (κ3) is 5.22. The standard InChI is InChI=1S/C28H25N5O2/c1-18-14-22(6-9-26(18)35-23-7-4-19(2)29-16-23)32-27-24-15-21(5-8-25(24)30-17-31-27)10-11-28(12-13-28)33-20(3)34/h4-9,14-17H,12-13H2,1-3H3,(H,33,34)(H,30,31,32). The van der Waals surface area contributed by atoms with Gasteiger partial charge in [-0.15, -0.1) is 0 Å². The van der Waals surface area contributed by atoms with Crippen molar-refractivity contribution in [2.75, 3.05) is 5.32 Å². The first-order valence-corrected chi connectivity index (χ1v) is 11.4.